The Bertz CT molecular complexity index is 612. The van der Waals surface area contributed by atoms with Gasteiger partial charge in [-0.15, -0.1) is 12.4 Å². The Morgan fingerprint density at radius 1 is 1.32 bits per heavy atom. The second-order valence-electron chi connectivity index (χ2n) is 6.31. The minimum atomic E-state index is -0.550. The molecule has 0 unspecified atom stereocenters. The highest BCUT2D eigenvalue weighted by Crippen LogP contribution is 2.31. The lowest BCUT2D eigenvalue weighted by molar-refractivity contribution is -0.130. The Kier molecular flexibility index (Phi) is 8.15. The van der Waals surface area contributed by atoms with Gasteiger partial charge in [-0.2, -0.15) is 0 Å². The number of hydrogen-bond acceptors (Lipinski definition) is 4. The van der Waals surface area contributed by atoms with Crippen LogP contribution in [0.5, 0.6) is 0 Å². The van der Waals surface area contributed by atoms with Gasteiger partial charge in [0.2, 0.25) is 5.91 Å². The molecule has 1 aromatic carbocycles. The predicted molar refractivity (Wildman–Crippen MR) is 102 cm³/mol. The van der Waals surface area contributed by atoms with E-state index < -0.39 is 5.41 Å². The van der Waals surface area contributed by atoms with Crippen molar-refractivity contribution in [2.75, 3.05) is 46.2 Å². The third kappa shape index (κ3) is 5.07. The maximum Gasteiger partial charge on any atom is 0.254 e. The van der Waals surface area contributed by atoms with Crippen LogP contribution in [0.4, 0.5) is 5.69 Å². The molecule has 25 heavy (non-hydrogen) atoms. The maximum absolute atomic E-state index is 12.8. The van der Waals surface area contributed by atoms with E-state index in [0.717, 1.165) is 13.1 Å². The van der Waals surface area contributed by atoms with Gasteiger partial charge >= 0.3 is 0 Å². The zero-order valence-corrected chi connectivity index (χ0v) is 16.3. The van der Waals surface area contributed by atoms with Crippen molar-refractivity contribution < 1.29 is 14.3 Å². The van der Waals surface area contributed by atoms with Crippen LogP contribution in [0.3, 0.4) is 0 Å². The van der Waals surface area contributed by atoms with Gasteiger partial charge in [0.15, 0.2) is 0 Å². The molecule has 0 saturated carbocycles. The van der Waals surface area contributed by atoms with Gasteiger partial charge in [0.25, 0.3) is 5.91 Å². The van der Waals surface area contributed by atoms with E-state index in [2.05, 4.69) is 10.6 Å². The van der Waals surface area contributed by atoms with E-state index >= 15 is 0 Å². The fraction of sp³-hybridized carbons (Fsp3) is 0.529. The summed E-state index contributed by atoms with van der Waals surface area (Å²) in [5.74, 6) is -0.291. The van der Waals surface area contributed by atoms with Crippen LogP contribution in [0.1, 0.15) is 23.2 Å². The molecule has 0 aliphatic carbocycles. The summed E-state index contributed by atoms with van der Waals surface area (Å²) >= 11 is 6.11. The summed E-state index contributed by atoms with van der Waals surface area (Å²) in [6, 6.07) is 4.94. The molecule has 1 aliphatic rings. The van der Waals surface area contributed by atoms with Crippen LogP contribution in [-0.4, -0.2) is 57.6 Å². The van der Waals surface area contributed by atoms with Gasteiger partial charge in [0, 0.05) is 26.9 Å². The Morgan fingerprint density at radius 3 is 2.52 bits per heavy atom. The summed E-state index contributed by atoms with van der Waals surface area (Å²) in [7, 11) is 4.92. The molecule has 0 atom stereocenters. The van der Waals surface area contributed by atoms with E-state index in [1.807, 2.05) is 0 Å². The summed E-state index contributed by atoms with van der Waals surface area (Å²) < 4.78 is 5.29. The Hall–Kier alpha value is -1.34. The van der Waals surface area contributed by atoms with Crippen molar-refractivity contribution in [2.24, 2.45) is 5.41 Å². The minimum Gasteiger partial charge on any atom is -0.384 e. The molecule has 1 aliphatic heterocycles. The molecule has 1 aromatic rings. The number of halogens is 2. The second kappa shape index (κ2) is 9.38. The highest BCUT2D eigenvalue weighted by molar-refractivity contribution is 6.34. The maximum atomic E-state index is 12.8. The molecule has 1 fully saturated rings. The number of nitrogens with one attached hydrogen (secondary N) is 2. The normalized spacial score (nSPS) is 15.8. The average Bonchev–Trinajstić information content (AvgIpc) is 2.57. The van der Waals surface area contributed by atoms with E-state index in [0.29, 0.717) is 35.7 Å². The fourth-order valence-electron chi connectivity index (χ4n) is 2.89. The molecule has 1 saturated heterocycles. The van der Waals surface area contributed by atoms with Crippen LogP contribution in [0, 0.1) is 5.41 Å². The van der Waals surface area contributed by atoms with Crippen LogP contribution < -0.4 is 10.6 Å². The number of anilines is 1. The van der Waals surface area contributed by atoms with Gasteiger partial charge < -0.3 is 20.3 Å². The summed E-state index contributed by atoms with van der Waals surface area (Å²) in [5.41, 5.74) is 0.375. The lowest BCUT2D eigenvalue weighted by atomic mass is 9.78. The molecule has 0 bridgehead atoms. The first kappa shape index (κ1) is 21.7. The largest absolute Gasteiger partial charge is 0.384 e. The third-order valence-electron chi connectivity index (χ3n) is 4.32. The van der Waals surface area contributed by atoms with Crippen LogP contribution in [0.15, 0.2) is 18.2 Å². The number of carbonyl (C=O) groups excluding carboxylic acids is 2. The highest BCUT2D eigenvalue weighted by atomic mass is 35.5. The number of benzene rings is 1. The Morgan fingerprint density at radius 2 is 1.96 bits per heavy atom. The van der Waals surface area contributed by atoms with Crippen LogP contribution in [0.2, 0.25) is 5.02 Å². The number of hydrogen-bond donors (Lipinski definition) is 2. The fourth-order valence-corrected chi connectivity index (χ4v) is 3.09. The van der Waals surface area contributed by atoms with Crippen LogP contribution >= 0.6 is 24.0 Å². The molecule has 6 nitrogen and oxygen atoms in total. The van der Waals surface area contributed by atoms with E-state index in [1.54, 1.807) is 39.4 Å². The molecular formula is C17H25Cl2N3O3. The number of piperidine rings is 1. The number of nitrogens with zero attached hydrogens (tertiary/aromatic N) is 1. The quantitative estimate of drug-likeness (QED) is 0.810. The van der Waals surface area contributed by atoms with Crippen molar-refractivity contribution in [3.05, 3.63) is 28.8 Å². The molecule has 8 heteroatoms. The average molecular weight is 390 g/mol. The van der Waals surface area contributed by atoms with Gasteiger partial charge in [-0.25, -0.2) is 0 Å². The predicted octanol–water partition coefficient (Wildman–Crippen LogP) is 2.42. The van der Waals surface area contributed by atoms with Crippen molar-refractivity contribution in [3.63, 3.8) is 0 Å². The Labute approximate surface area is 159 Å². The zero-order valence-electron chi connectivity index (χ0n) is 14.7. The molecule has 2 amide bonds. The van der Waals surface area contributed by atoms with E-state index in [9.17, 15) is 9.59 Å². The molecule has 140 valence electrons. The minimum absolute atomic E-state index is 0. The van der Waals surface area contributed by atoms with Crippen molar-refractivity contribution in [1.82, 2.24) is 10.2 Å². The molecule has 2 rings (SSSR count). The lowest BCUT2D eigenvalue weighted by Crippen LogP contribution is -2.47. The van der Waals surface area contributed by atoms with E-state index in [-0.39, 0.29) is 24.2 Å². The first-order chi connectivity index (χ1) is 11.4. The summed E-state index contributed by atoms with van der Waals surface area (Å²) in [5, 5.41) is 6.54. The smallest absolute Gasteiger partial charge is 0.254 e. The molecular weight excluding hydrogens is 365 g/mol. The summed E-state index contributed by atoms with van der Waals surface area (Å²) in [6.45, 7) is 1.93. The van der Waals surface area contributed by atoms with Crippen LogP contribution in [0.25, 0.3) is 0 Å². The molecule has 0 aromatic heterocycles. The summed E-state index contributed by atoms with van der Waals surface area (Å²) in [6.07, 6.45) is 1.42. The number of ether oxygens (including phenoxy) is 1. The first-order valence-electron chi connectivity index (χ1n) is 7.92. The van der Waals surface area contributed by atoms with E-state index in [1.165, 1.54) is 4.90 Å². The first-order valence-corrected chi connectivity index (χ1v) is 8.30. The lowest BCUT2D eigenvalue weighted by Gasteiger charge is -2.35. The van der Waals surface area contributed by atoms with Crippen molar-refractivity contribution in [3.8, 4) is 0 Å². The monoisotopic (exact) mass is 389 g/mol. The highest BCUT2D eigenvalue weighted by Gasteiger charge is 2.39. The topological polar surface area (TPSA) is 70.7 Å². The van der Waals surface area contributed by atoms with Gasteiger partial charge in [0.1, 0.15) is 0 Å². The summed E-state index contributed by atoms with van der Waals surface area (Å²) in [4.78, 5) is 26.5. The van der Waals surface area contributed by atoms with Crippen molar-refractivity contribution in [2.45, 2.75) is 12.8 Å². The number of methoxy groups -OCH3 is 1. The standard InChI is InChI=1S/C17H24ClN3O3.ClH/c1-21(2)15(22)13-10-12(4-5-14(13)18)20-16(23)17(11-24-3)6-8-19-9-7-17;/h4-5,10,19H,6-9,11H2,1-3H3,(H,20,23);1H. The number of rotatable bonds is 5. The molecule has 2 N–H and O–H groups in total. The number of amides is 2. The van der Waals surface area contributed by atoms with Gasteiger partial charge in [-0.1, -0.05) is 11.6 Å². The SMILES string of the molecule is COCC1(C(=O)Nc2ccc(Cl)c(C(=O)N(C)C)c2)CCNCC1.Cl. The van der Waals surface area contributed by atoms with Gasteiger partial charge in [0.05, 0.1) is 22.6 Å². The van der Waals surface area contributed by atoms with Crippen molar-refractivity contribution in [1.29, 1.82) is 0 Å². The number of carbonyl (C=O) groups is 2. The van der Waals surface area contributed by atoms with E-state index in [4.69, 9.17) is 16.3 Å². The van der Waals surface area contributed by atoms with Crippen molar-refractivity contribution >= 4 is 41.5 Å². The molecule has 0 radical (unpaired) electrons. The Balaban J connectivity index is 0.00000312. The third-order valence-corrected chi connectivity index (χ3v) is 4.65. The zero-order chi connectivity index (χ0) is 17.7. The van der Waals surface area contributed by atoms with Gasteiger partial charge in [-0.3, -0.25) is 9.59 Å². The molecule has 1 heterocycles. The van der Waals surface area contributed by atoms with Crippen LogP contribution in [-0.2, 0) is 9.53 Å². The molecule has 0 spiro atoms. The van der Waals surface area contributed by atoms with Gasteiger partial charge in [-0.05, 0) is 44.1 Å². The second-order valence-corrected chi connectivity index (χ2v) is 6.72.